The van der Waals surface area contributed by atoms with Gasteiger partial charge in [-0.15, -0.1) is 0 Å². The highest BCUT2D eigenvalue weighted by atomic mass is 16.5. The largest absolute Gasteiger partial charge is 0.381 e. The number of nitrogens with zero attached hydrogens (tertiary/aromatic N) is 1. The molecule has 2 atom stereocenters. The van der Waals surface area contributed by atoms with Crippen molar-refractivity contribution in [2.75, 3.05) is 14.2 Å². The normalized spacial score (nSPS) is 34.8. The van der Waals surface area contributed by atoms with Crippen molar-refractivity contribution in [1.29, 1.82) is 0 Å². The number of likely N-dealkylation sites (N-methyl/N-ethyl adjacent to an activating group) is 1. The number of rotatable bonds is 7. The van der Waals surface area contributed by atoms with Crippen LogP contribution in [0.4, 0.5) is 0 Å². The van der Waals surface area contributed by atoms with E-state index in [0.29, 0.717) is 12.0 Å². The van der Waals surface area contributed by atoms with E-state index < -0.39 is 5.54 Å². The van der Waals surface area contributed by atoms with E-state index in [0.717, 1.165) is 50.0 Å². The molecule has 0 aliphatic heterocycles. The van der Waals surface area contributed by atoms with Crippen LogP contribution in [0.5, 0.6) is 0 Å². The molecule has 0 heterocycles. The van der Waals surface area contributed by atoms with Gasteiger partial charge in [0.05, 0.1) is 6.10 Å². The Bertz CT molecular complexity index is 656. The molecule has 0 saturated heterocycles. The lowest BCUT2D eigenvalue weighted by Gasteiger charge is -2.46. The quantitative estimate of drug-likeness (QED) is 0.636. The summed E-state index contributed by atoms with van der Waals surface area (Å²) in [5.41, 5.74) is 1.49. The number of allylic oxidation sites excluding steroid dienone is 2. The van der Waals surface area contributed by atoms with Crippen molar-refractivity contribution in [1.82, 2.24) is 5.32 Å². The summed E-state index contributed by atoms with van der Waals surface area (Å²) in [6.07, 6.45) is 14.7. The number of aliphatic imine (C=N–C) groups is 1. The smallest absolute Gasteiger partial charge is 0.252 e. The molecular weight excluding hydrogens is 348 g/mol. The highest BCUT2D eigenvalue weighted by Crippen LogP contribution is 2.62. The van der Waals surface area contributed by atoms with Gasteiger partial charge in [0.15, 0.2) is 5.54 Å². The standard InChI is InChI=1S/C24H38N2O2/c1-17(2)7-6-8-18-9-10-19-16-23(13-11-20(28-5)12-14-23)24(26-4,21(19)15-18)22(27)25-3/h10,15,17-18,20H,4,6-9,11-14,16H2,1-3,5H3,(H,25,27). The van der Waals surface area contributed by atoms with Crippen LogP contribution in [0.25, 0.3) is 0 Å². The predicted molar refractivity (Wildman–Crippen MR) is 116 cm³/mol. The molecule has 0 radical (unpaired) electrons. The van der Waals surface area contributed by atoms with Crippen LogP contribution < -0.4 is 5.32 Å². The molecule has 156 valence electrons. The molecule has 3 aliphatic rings. The first-order chi connectivity index (χ1) is 13.4. The van der Waals surface area contributed by atoms with Crippen molar-refractivity contribution in [3.8, 4) is 0 Å². The van der Waals surface area contributed by atoms with Crippen molar-refractivity contribution in [3.05, 3.63) is 23.3 Å². The van der Waals surface area contributed by atoms with Crippen LogP contribution in [0.3, 0.4) is 0 Å². The minimum atomic E-state index is -0.844. The molecule has 1 amide bonds. The fourth-order valence-corrected chi connectivity index (χ4v) is 5.89. The zero-order valence-corrected chi connectivity index (χ0v) is 18.2. The van der Waals surface area contributed by atoms with Crippen molar-refractivity contribution in [2.24, 2.45) is 22.2 Å². The lowest BCUT2D eigenvalue weighted by atomic mass is 9.61. The Morgan fingerprint density at radius 2 is 2.11 bits per heavy atom. The van der Waals surface area contributed by atoms with Crippen LogP contribution in [0.15, 0.2) is 28.3 Å². The molecule has 3 rings (SSSR count). The van der Waals surface area contributed by atoms with Crippen LogP contribution in [-0.2, 0) is 9.53 Å². The van der Waals surface area contributed by atoms with Crippen molar-refractivity contribution in [3.63, 3.8) is 0 Å². The summed E-state index contributed by atoms with van der Waals surface area (Å²) >= 11 is 0. The van der Waals surface area contributed by atoms with Crippen LogP contribution >= 0.6 is 0 Å². The molecule has 0 aromatic carbocycles. The van der Waals surface area contributed by atoms with Gasteiger partial charge in [0.2, 0.25) is 0 Å². The Hall–Kier alpha value is -1.42. The van der Waals surface area contributed by atoms with Gasteiger partial charge in [-0.2, -0.15) is 0 Å². The summed E-state index contributed by atoms with van der Waals surface area (Å²) < 4.78 is 5.61. The van der Waals surface area contributed by atoms with Crippen LogP contribution in [0.2, 0.25) is 0 Å². The van der Waals surface area contributed by atoms with E-state index in [1.54, 1.807) is 14.2 Å². The number of carbonyl (C=O) groups excluding carboxylic acids is 1. The number of methoxy groups -OCH3 is 1. The van der Waals surface area contributed by atoms with Crippen molar-refractivity contribution < 1.29 is 9.53 Å². The third kappa shape index (κ3) is 3.49. The van der Waals surface area contributed by atoms with Gasteiger partial charge in [0, 0.05) is 19.6 Å². The maximum atomic E-state index is 13.3. The SMILES string of the molecule is C=NC1(C(=O)NC)C2=CC(CCCC(C)C)CC=C2CC12CCC(OC)CC2. The molecule has 28 heavy (non-hydrogen) atoms. The zero-order valence-electron chi connectivity index (χ0n) is 18.2. The number of nitrogens with one attached hydrogen (secondary N) is 1. The molecule has 2 unspecified atom stereocenters. The van der Waals surface area contributed by atoms with E-state index in [1.807, 2.05) is 0 Å². The third-order valence-electron chi connectivity index (χ3n) is 7.47. The highest BCUT2D eigenvalue weighted by Gasteiger charge is 2.64. The topological polar surface area (TPSA) is 50.7 Å². The molecular formula is C24H38N2O2. The molecule has 0 aromatic heterocycles. The van der Waals surface area contributed by atoms with Gasteiger partial charge < -0.3 is 10.1 Å². The van der Waals surface area contributed by atoms with E-state index in [1.165, 1.54) is 24.8 Å². The van der Waals surface area contributed by atoms with Gasteiger partial charge >= 0.3 is 0 Å². The number of amides is 1. The average molecular weight is 387 g/mol. The summed E-state index contributed by atoms with van der Waals surface area (Å²) in [5.74, 6) is 1.26. The molecule has 1 N–H and O–H groups in total. The Kier molecular flexibility index (Phi) is 6.48. The first-order valence-corrected chi connectivity index (χ1v) is 11.1. The first kappa shape index (κ1) is 21.3. The van der Waals surface area contributed by atoms with Crippen molar-refractivity contribution >= 4 is 12.6 Å². The first-order valence-electron chi connectivity index (χ1n) is 11.1. The second-order valence-electron chi connectivity index (χ2n) is 9.47. The number of hydrogen-bond donors (Lipinski definition) is 1. The summed E-state index contributed by atoms with van der Waals surface area (Å²) in [7, 11) is 3.52. The second-order valence-corrected chi connectivity index (χ2v) is 9.47. The van der Waals surface area contributed by atoms with Crippen molar-refractivity contribution in [2.45, 2.75) is 83.3 Å². The Balaban J connectivity index is 1.93. The number of hydrogen-bond acceptors (Lipinski definition) is 3. The summed E-state index contributed by atoms with van der Waals surface area (Å²) in [4.78, 5) is 17.9. The van der Waals surface area contributed by atoms with E-state index in [9.17, 15) is 4.79 Å². The maximum absolute atomic E-state index is 13.3. The third-order valence-corrected chi connectivity index (χ3v) is 7.47. The highest BCUT2D eigenvalue weighted by molar-refractivity contribution is 5.95. The summed E-state index contributed by atoms with van der Waals surface area (Å²) in [5, 5.41) is 2.93. The second kappa shape index (κ2) is 8.52. The minimum absolute atomic E-state index is 0.0100. The lowest BCUT2D eigenvalue weighted by Crippen LogP contribution is -2.56. The lowest BCUT2D eigenvalue weighted by molar-refractivity contribution is -0.129. The molecule has 3 aliphatic carbocycles. The zero-order chi connectivity index (χ0) is 20.4. The molecule has 2 saturated carbocycles. The molecule has 4 heteroatoms. The van der Waals surface area contributed by atoms with E-state index >= 15 is 0 Å². The summed E-state index contributed by atoms with van der Waals surface area (Å²) in [6.45, 7) is 8.53. The maximum Gasteiger partial charge on any atom is 0.252 e. The fourth-order valence-electron chi connectivity index (χ4n) is 5.89. The Morgan fingerprint density at radius 3 is 2.68 bits per heavy atom. The van der Waals surface area contributed by atoms with E-state index in [-0.39, 0.29) is 11.3 Å². The van der Waals surface area contributed by atoms with Crippen LogP contribution in [-0.4, -0.2) is 38.4 Å². The van der Waals surface area contributed by atoms with Gasteiger partial charge in [-0.25, -0.2) is 0 Å². The van der Waals surface area contributed by atoms with Gasteiger partial charge in [-0.3, -0.25) is 9.79 Å². The van der Waals surface area contributed by atoms with Gasteiger partial charge in [-0.1, -0.05) is 38.8 Å². The predicted octanol–water partition coefficient (Wildman–Crippen LogP) is 4.85. The number of fused-ring (bicyclic) bond motifs is 1. The van der Waals surface area contributed by atoms with E-state index in [2.05, 4.69) is 43.0 Å². The number of ether oxygens (including phenoxy) is 1. The van der Waals surface area contributed by atoms with E-state index in [4.69, 9.17) is 4.74 Å². The molecule has 1 spiro atoms. The Labute approximate surface area is 170 Å². The average Bonchev–Trinajstić information content (AvgIpc) is 2.97. The van der Waals surface area contributed by atoms with Crippen LogP contribution in [0, 0.1) is 17.3 Å². The Morgan fingerprint density at radius 1 is 1.39 bits per heavy atom. The molecule has 0 aromatic rings. The molecule has 2 fully saturated rings. The summed E-state index contributed by atoms with van der Waals surface area (Å²) in [6, 6.07) is 0. The number of carbonyl (C=O) groups is 1. The van der Waals surface area contributed by atoms with Gasteiger partial charge in [-0.05, 0) is 74.6 Å². The minimum Gasteiger partial charge on any atom is -0.381 e. The van der Waals surface area contributed by atoms with Gasteiger partial charge in [0.1, 0.15) is 0 Å². The fraction of sp³-hybridized carbons (Fsp3) is 0.750. The van der Waals surface area contributed by atoms with Gasteiger partial charge in [0.25, 0.3) is 5.91 Å². The molecule has 4 nitrogen and oxygen atoms in total. The molecule has 0 bridgehead atoms. The monoisotopic (exact) mass is 386 g/mol. The van der Waals surface area contributed by atoms with Crippen LogP contribution in [0.1, 0.15) is 71.6 Å².